The van der Waals surface area contributed by atoms with Gasteiger partial charge in [-0.25, -0.2) is 0 Å². The predicted molar refractivity (Wildman–Crippen MR) is 70.2 cm³/mol. The Labute approximate surface area is 106 Å². The van der Waals surface area contributed by atoms with Gasteiger partial charge in [-0.3, -0.25) is 4.98 Å². The van der Waals surface area contributed by atoms with Gasteiger partial charge in [0.05, 0.1) is 11.8 Å². The van der Waals surface area contributed by atoms with Crippen molar-refractivity contribution in [3.63, 3.8) is 0 Å². The van der Waals surface area contributed by atoms with Crippen molar-refractivity contribution in [2.45, 2.75) is 29.7 Å². The van der Waals surface area contributed by atoms with E-state index in [-0.39, 0.29) is 0 Å². The minimum absolute atomic E-state index is 0.506. The lowest BCUT2D eigenvalue weighted by atomic mass is 10.2. The molecule has 1 aromatic carbocycles. The van der Waals surface area contributed by atoms with E-state index in [4.69, 9.17) is 0 Å². The van der Waals surface area contributed by atoms with Crippen molar-refractivity contribution in [2.24, 2.45) is 0 Å². The van der Waals surface area contributed by atoms with Crippen LogP contribution in [0.3, 0.4) is 0 Å². The van der Waals surface area contributed by atoms with Crippen molar-refractivity contribution in [1.82, 2.24) is 4.98 Å². The van der Waals surface area contributed by atoms with Crippen molar-refractivity contribution < 1.29 is 5.11 Å². The molecule has 88 valence electrons. The van der Waals surface area contributed by atoms with Gasteiger partial charge in [0.1, 0.15) is 0 Å². The summed E-state index contributed by atoms with van der Waals surface area (Å²) >= 11 is 1.68. The monoisotopic (exact) mass is 245 g/mol. The molecule has 0 saturated carbocycles. The van der Waals surface area contributed by atoms with E-state index in [9.17, 15) is 5.11 Å². The van der Waals surface area contributed by atoms with Gasteiger partial charge in [-0.15, -0.1) is 0 Å². The molecule has 2 aromatic rings. The molecule has 2 nitrogen and oxygen atoms in total. The van der Waals surface area contributed by atoms with Crippen molar-refractivity contribution in [3.8, 4) is 0 Å². The van der Waals surface area contributed by atoms with Crippen LogP contribution in [0, 0.1) is 6.92 Å². The number of benzene rings is 1. The summed E-state index contributed by atoms with van der Waals surface area (Å²) in [6.07, 6.45) is 1.29. The first kappa shape index (κ1) is 12.1. The van der Waals surface area contributed by atoms with E-state index < -0.39 is 6.10 Å². The molecular weight excluding hydrogens is 230 g/mol. The van der Waals surface area contributed by atoms with E-state index >= 15 is 0 Å². The van der Waals surface area contributed by atoms with E-state index in [2.05, 4.69) is 36.2 Å². The molecule has 0 fully saturated rings. The molecule has 0 spiro atoms. The van der Waals surface area contributed by atoms with Crippen molar-refractivity contribution >= 4 is 11.8 Å². The molecular formula is C14H15NOS. The topological polar surface area (TPSA) is 33.1 Å². The van der Waals surface area contributed by atoms with Crippen LogP contribution < -0.4 is 0 Å². The molecule has 3 heteroatoms. The Balaban J connectivity index is 2.14. The van der Waals surface area contributed by atoms with E-state index in [0.717, 1.165) is 4.90 Å². The SMILES string of the molecule is Cc1cccc(Sc2ccc([C@@H](C)O)nc2)c1. The second-order valence-electron chi connectivity index (χ2n) is 4.01. The molecule has 0 amide bonds. The maximum absolute atomic E-state index is 9.37. The highest BCUT2D eigenvalue weighted by atomic mass is 32.2. The van der Waals surface area contributed by atoms with Crippen molar-refractivity contribution in [1.29, 1.82) is 0 Å². The molecule has 1 N–H and O–H groups in total. The van der Waals surface area contributed by atoms with Gasteiger partial charge in [0.15, 0.2) is 0 Å². The number of aliphatic hydroxyl groups is 1. The van der Waals surface area contributed by atoms with E-state index in [0.29, 0.717) is 5.69 Å². The fraction of sp³-hybridized carbons (Fsp3) is 0.214. The summed E-state index contributed by atoms with van der Waals surface area (Å²) in [5.74, 6) is 0. The fourth-order valence-corrected chi connectivity index (χ4v) is 2.42. The molecule has 1 heterocycles. The summed E-state index contributed by atoms with van der Waals surface area (Å²) in [5.41, 5.74) is 1.96. The normalized spacial score (nSPS) is 12.4. The maximum atomic E-state index is 9.37. The third kappa shape index (κ3) is 3.32. The van der Waals surface area contributed by atoms with Crippen LogP contribution >= 0.6 is 11.8 Å². The molecule has 0 bridgehead atoms. The van der Waals surface area contributed by atoms with Gasteiger partial charge in [-0.1, -0.05) is 29.5 Å². The highest BCUT2D eigenvalue weighted by Gasteiger charge is 2.03. The van der Waals surface area contributed by atoms with Crippen LogP contribution in [-0.4, -0.2) is 10.1 Å². The Bertz CT molecular complexity index is 494. The number of nitrogens with zero attached hydrogens (tertiary/aromatic N) is 1. The smallest absolute Gasteiger partial charge is 0.0931 e. The van der Waals surface area contributed by atoms with Gasteiger partial charge < -0.3 is 5.11 Å². The van der Waals surface area contributed by atoms with Gasteiger partial charge >= 0.3 is 0 Å². The number of aliphatic hydroxyl groups excluding tert-OH is 1. The van der Waals surface area contributed by atoms with E-state index in [1.54, 1.807) is 24.9 Å². The van der Waals surface area contributed by atoms with Crippen LogP contribution in [0.2, 0.25) is 0 Å². The first-order chi connectivity index (χ1) is 8.15. The Morgan fingerprint density at radius 1 is 1.18 bits per heavy atom. The lowest BCUT2D eigenvalue weighted by Gasteiger charge is -2.05. The first-order valence-electron chi connectivity index (χ1n) is 5.54. The molecule has 0 unspecified atom stereocenters. The first-order valence-corrected chi connectivity index (χ1v) is 6.35. The largest absolute Gasteiger partial charge is 0.387 e. The van der Waals surface area contributed by atoms with Gasteiger partial charge in [-0.05, 0) is 38.1 Å². The minimum Gasteiger partial charge on any atom is -0.387 e. The minimum atomic E-state index is -0.506. The van der Waals surface area contributed by atoms with Gasteiger partial charge in [-0.2, -0.15) is 0 Å². The third-order valence-electron chi connectivity index (χ3n) is 2.41. The number of rotatable bonds is 3. The third-order valence-corrected chi connectivity index (χ3v) is 3.38. The number of aryl methyl sites for hydroxylation is 1. The Morgan fingerprint density at radius 3 is 2.59 bits per heavy atom. The molecule has 0 aliphatic heterocycles. The van der Waals surface area contributed by atoms with Gasteiger partial charge in [0, 0.05) is 16.0 Å². The van der Waals surface area contributed by atoms with Crippen molar-refractivity contribution in [3.05, 3.63) is 53.9 Å². The average Bonchev–Trinajstić information content (AvgIpc) is 2.29. The van der Waals surface area contributed by atoms with E-state index in [1.807, 2.05) is 12.1 Å². The van der Waals surface area contributed by atoms with Crippen LogP contribution in [0.1, 0.15) is 24.3 Å². The number of pyridine rings is 1. The number of hydrogen-bond donors (Lipinski definition) is 1. The Morgan fingerprint density at radius 2 is 2.00 bits per heavy atom. The molecule has 0 aliphatic rings. The van der Waals surface area contributed by atoms with Crippen LogP contribution in [0.4, 0.5) is 0 Å². The molecule has 17 heavy (non-hydrogen) atoms. The lowest BCUT2D eigenvalue weighted by molar-refractivity contribution is 0.194. The number of aromatic nitrogens is 1. The highest BCUT2D eigenvalue weighted by Crippen LogP contribution is 2.27. The fourth-order valence-electron chi connectivity index (χ4n) is 1.51. The number of hydrogen-bond acceptors (Lipinski definition) is 3. The summed E-state index contributed by atoms with van der Waals surface area (Å²) in [5, 5.41) is 9.37. The zero-order valence-corrected chi connectivity index (χ0v) is 10.7. The zero-order valence-electron chi connectivity index (χ0n) is 9.92. The highest BCUT2D eigenvalue weighted by molar-refractivity contribution is 7.99. The van der Waals surface area contributed by atoms with E-state index in [1.165, 1.54) is 10.5 Å². The van der Waals surface area contributed by atoms with Gasteiger partial charge in [0.2, 0.25) is 0 Å². The zero-order chi connectivity index (χ0) is 12.3. The second-order valence-corrected chi connectivity index (χ2v) is 5.16. The predicted octanol–water partition coefficient (Wildman–Crippen LogP) is 3.59. The van der Waals surface area contributed by atoms with Crippen molar-refractivity contribution in [2.75, 3.05) is 0 Å². The standard InChI is InChI=1S/C14H15NOS/c1-10-4-3-5-12(8-10)17-13-6-7-14(11(2)16)15-9-13/h3-9,11,16H,1-2H3/t11-/m1/s1. The Kier molecular flexibility index (Phi) is 3.82. The summed E-state index contributed by atoms with van der Waals surface area (Å²) in [6.45, 7) is 3.80. The summed E-state index contributed by atoms with van der Waals surface area (Å²) in [7, 11) is 0. The van der Waals surface area contributed by atoms with Crippen LogP contribution in [0.5, 0.6) is 0 Å². The van der Waals surface area contributed by atoms with Crippen LogP contribution in [0.25, 0.3) is 0 Å². The second kappa shape index (κ2) is 5.34. The summed E-state index contributed by atoms with van der Waals surface area (Å²) in [4.78, 5) is 6.51. The molecule has 0 radical (unpaired) electrons. The Hall–Kier alpha value is -1.32. The quantitative estimate of drug-likeness (QED) is 0.897. The lowest BCUT2D eigenvalue weighted by Crippen LogP contribution is -1.94. The molecule has 0 aliphatic carbocycles. The van der Waals surface area contributed by atoms with Crippen LogP contribution in [0.15, 0.2) is 52.4 Å². The summed E-state index contributed by atoms with van der Waals surface area (Å²) < 4.78 is 0. The summed E-state index contributed by atoms with van der Waals surface area (Å²) in [6, 6.07) is 12.2. The van der Waals surface area contributed by atoms with Crippen LogP contribution in [-0.2, 0) is 0 Å². The molecule has 1 aromatic heterocycles. The molecule has 2 rings (SSSR count). The molecule has 0 saturated heterocycles. The maximum Gasteiger partial charge on any atom is 0.0931 e. The average molecular weight is 245 g/mol. The molecule has 1 atom stereocenters. The van der Waals surface area contributed by atoms with Gasteiger partial charge in [0.25, 0.3) is 0 Å².